The normalized spacial score (nSPS) is 11.1. The summed E-state index contributed by atoms with van der Waals surface area (Å²) in [5.41, 5.74) is 1.43. The third kappa shape index (κ3) is 2.83. The maximum atomic E-state index is 11.3. The van der Waals surface area contributed by atoms with Gasteiger partial charge in [0, 0.05) is 5.56 Å². The molecule has 0 aliphatic carbocycles. The van der Waals surface area contributed by atoms with E-state index in [1.165, 1.54) is 6.92 Å². The van der Waals surface area contributed by atoms with E-state index in [9.17, 15) is 4.79 Å². The van der Waals surface area contributed by atoms with E-state index in [-0.39, 0.29) is 5.78 Å². The second kappa shape index (κ2) is 6.10. The highest BCUT2D eigenvalue weighted by molar-refractivity contribution is 5.97. The Morgan fingerprint density at radius 2 is 1.61 bits per heavy atom. The average molecular weight is 250 g/mol. The number of allylic oxidation sites excluding steroid dienone is 1. The lowest BCUT2D eigenvalue weighted by atomic mass is 10.1. The number of hydrogen-bond donors (Lipinski definition) is 0. The highest BCUT2D eigenvalue weighted by atomic mass is 16.5. The zero-order valence-corrected chi connectivity index (χ0v) is 11.4. The van der Waals surface area contributed by atoms with Crippen molar-refractivity contribution in [2.24, 2.45) is 0 Å². The fraction of sp³-hybridized carbons (Fsp3) is 0.357. The lowest BCUT2D eigenvalue weighted by Crippen LogP contribution is -1.98. The van der Waals surface area contributed by atoms with Gasteiger partial charge >= 0.3 is 0 Å². The molecule has 18 heavy (non-hydrogen) atoms. The molecular weight excluding hydrogens is 232 g/mol. The van der Waals surface area contributed by atoms with Gasteiger partial charge < -0.3 is 14.2 Å². The predicted molar refractivity (Wildman–Crippen MR) is 70.4 cm³/mol. The fourth-order valence-corrected chi connectivity index (χ4v) is 1.57. The van der Waals surface area contributed by atoms with Crippen molar-refractivity contribution >= 4 is 11.9 Å². The molecule has 0 atom stereocenters. The molecule has 4 nitrogen and oxygen atoms in total. The van der Waals surface area contributed by atoms with Crippen LogP contribution in [0, 0.1) is 0 Å². The van der Waals surface area contributed by atoms with Crippen molar-refractivity contribution in [2.45, 2.75) is 13.8 Å². The number of hydrogen-bond acceptors (Lipinski definition) is 4. The average Bonchev–Trinajstić information content (AvgIpc) is 2.37. The van der Waals surface area contributed by atoms with Gasteiger partial charge in [-0.05, 0) is 37.6 Å². The maximum Gasteiger partial charge on any atom is 0.203 e. The van der Waals surface area contributed by atoms with Crippen molar-refractivity contribution in [2.75, 3.05) is 21.3 Å². The molecule has 0 aliphatic rings. The smallest absolute Gasteiger partial charge is 0.203 e. The van der Waals surface area contributed by atoms with Gasteiger partial charge in [-0.25, -0.2) is 0 Å². The summed E-state index contributed by atoms with van der Waals surface area (Å²) in [6, 6.07) is 3.60. The van der Waals surface area contributed by atoms with Crippen molar-refractivity contribution in [1.29, 1.82) is 0 Å². The molecule has 0 unspecified atom stereocenters. The number of carbonyl (C=O) groups is 1. The van der Waals surface area contributed by atoms with Crippen LogP contribution in [-0.2, 0) is 4.79 Å². The first-order valence-corrected chi connectivity index (χ1v) is 5.53. The van der Waals surface area contributed by atoms with Crippen LogP contribution in [0.5, 0.6) is 17.2 Å². The van der Waals surface area contributed by atoms with Crippen molar-refractivity contribution < 1.29 is 19.0 Å². The zero-order valence-electron chi connectivity index (χ0n) is 11.4. The Kier molecular flexibility index (Phi) is 4.77. The molecule has 0 radical (unpaired) electrons. The van der Waals surface area contributed by atoms with Gasteiger partial charge in [0.15, 0.2) is 17.3 Å². The summed E-state index contributed by atoms with van der Waals surface area (Å²) >= 11 is 0. The number of methoxy groups -OCH3 is 3. The van der Waals surface area contributed by atoms with Crippen LogP contribution >= 0.6 is 0 Å². The number of rotatable bonds is 5. The van der Waals surface area contributed by atoms with Gasteiger partial charge in [-0.2, -0.15) is 0 Å². The summed E-state index contributed by atoms with van der Waals surface area (Å²) < 4.78 is 15.8. The van der Waals surface area contributed by atoms with Crippen molar-refractivity contribution in [1.82, 2.24) is 0 Å². The summed E-state index contributed by atoms with van der Waals surface area (Å²) in [7, 11) is 4.66. The van der Waals surface area contributed by atoms with E-state index in [2.05, 4.69) is 0 Å². The predicted octanol–water partition coefficient (Wildman–Crippen LogP) is 2.70. The Morgan fingerprint density at radius 3 is 2.06 bits per heavy atom. The Bertz CT molecular complexity index is 475. The molecule has 0 N–H and O–H groups in total. The Balaban J connectivity index is 3.38. The van der Waals surface area contributed by atoms with Gasteiger partial charge in [0.25, 0.3) is 0 Å². The molecule has 0 aliphatic heterocycles. The summed E-state index contributed by atoms with van der Waals surface area (Å²) in [6.07, 6.45) is 1.77. The second-order valence-corrected chi connectivity index (χ2v) is 3.81. The van der Waals surface area contributed by atoms with Gasteiger partial charge in [0.05, 0.1) is 21.3 Å². The lowest BCUT2D eigenvalue weighted by Gasteiger charge is -2.14. The lowest BCUT2D eigenvalue weighted by molar-refractivity contribution is -0.113. The molecular formula is C14H18O4. The molecule has 0 bridgehead atoms. The van der Waals surface area contributed by atoms with Crippen LogP contribution in [-0.4, -0.2) is 27.1 Å². The second-order valence-electron chi connectivity index (χ2n) is 3.81. The number of benzene rings is 1. The van der Waals surface area contributed by atoms with Gasteiger partial charge in [-0.3, -0.25) is 4.79 Å². The molecule has 0 heterocycles. The highest BCUT2D eigenvalue weighted by Gasteiger charge is 2.14. The molecule has 0 saturated carbocycles. The van der Waals surface area contributed by atoms with Gasteiger partial charge in [-0.15, -0.1) is 0 Å². The van der Waals surface area contributed by atoms with Crippen LogP contribution in [0.15, 0.2) is 17.7 Å². The van der Waals surface area contributed by atoms with Gasteiger partial charge in [-0.1, -0.05) is 0 Å². The molecule has 1 aromatic carbocycles. The van der Waals surface area contributed by atoms with E-state index in [0.29, 0.717) is 22.8 Å². The monoisotopic (exact) mass is 250 g/mol. The molecule has 4 heteroatoms. The van der Waals surface area contributed by atoms with E-state index in [4.69, 9.17) is 14.2 Å². The standard InChI is InChI=1S/C14H18O4/c1-9(10(2)15)8-11-6-7-12(16-3)14(18-5)13(11)17-4/h6-8H,1-5H3/b9-8+. The largest absolute Gasteiger partial charge is 0.493 e. The summed E-state index contributed by atoms with van der Waals surface area (Å²) in [5, 5.41) is 0. The third-order valence-electron chi connectivity index (χ3n) is 2.66. The van der Waals surface area contributed by atoms with Crippen LogP contribution < -0.4 is 14.2 Å². The molecule has 0 aromatic heterocycles. The minimum atomic E-state index is 0.0202. The number of ketones is 1. The van der Waals surface area contributed by atoms with Crippen LogP contribution in [0.3, 0.4) is 0 Å². The third-order valence-corrected chi connectivity index (χ3v) is 2.66. The molecule has 0 saturated heterocycles. The Hall–Kier alpha value is -1.97. The van der Waals surface area contributed by atoms with Crippen LogP contribution in [0.2, 0.25) is 0 Å². The molecule has 0 spiro atoms. The molecule has 0 amide bonds. The highest BCUT2D eigenvalue weighted by Crippen LogP contribution is 2.40. The minimum absolute atomic E-state index is 0.0202. The van der Waals surface area contributed by atoms with E-state index >= 15 is 0 Å². The summed E-state index contributed by atoms with van der Waals surface area (Å²) in [5.74, 6) is 1.68. The van der Waals surface area contributed by atoms with Gasteiger partial charge in [0.1, 0.15) is 0 Å². The quantitative estimate of drug-likeness (QED) is 0.754. The molecule has 1 rings (SSSR count). The van der Waals surface area contributed by atoms with Crippen LogP contribution in [0.4, 0.5) is 0 Å². The number of Topliss-reactive ketones (excluding diaryl/α,β-unsaturated/α-hetero) is 1. The van der Waals surface area contributed by atoms with Crippen molar-refractivity contribution in [3.63, 3.8) is 0 Å². The fourth-order valence-electron chi connectivity index (χ4n) is 1.57. The van der Waals surface area contributed by atoms with E-state index in [1.54, 1.807) is 40.4 Å². The first-order valence-electron chi connectivity index (χ1n) is 5.53. The minimum Gasteiger partial charge on any atom is -0.493 e. The number of ether oxygens (including phenoxy) is 3. The van der Waals surface area contributed by atoms with E-state index in [0.717, 1.165) is 5.56 Å². The topological polar surface area (TPSA) is 44.8 Å². The summed E-state index contributed by atoms with van der Waals surface area (Å²) in [6.45, 7) is 3.29. The van der Waals surface area contributed by atoms with Crippen LogP contribution in [0.1, 0.15) is 19.4 Å². The van der Waals surface area contributed by atoms with Crippen molar-refractivity contribution in [3.05, 3.63) is 23.3 Å². The maximum absolute atomic E-state index is 11.3. The first kappa shape index (κ1) is 14.1. The number of carbonyl (C=O) groups excluding carboxylic acids is 1. The molecule has 98 valence electrons. The van der Waals surface area contributed by atoms with E-state index < -0.39 is 0 Å². The Morgan fingerprint density at radius 1 is 1.00 bits per heavy atom. The molecule has 1 aromatic rings. The van der Waals surface area contributed by atoms with E-state index in [1.807, 2.05) is 6.07 Å². The Labute approximate surface area is 107 Å². The first-order chi connectivity index (χ1) is 8.54. The summed E-state index contributed by atoms with van der Waals surface area (Å²) in [4.78, 5) is 11.3. The molecule has 0 fully saturated rings. The van der Waals surface area contributed by atoms with Crippen molar-refractivity contribution in [3.8, 4) is 17.2 Å². The zero-order chi connectivity index (χ0) is 13.7. The van der Waals surface area contributed by atoms with Gasteiger partial charge in [0.2, 0.25) is 5.75 Å². The van der Waals surface area contributed by atoms with Crippen LogP contribution in [0.25, 0.3) is 6.08 Å². The SMILES string of the molecule is COc1ccc(/C=C(\C)C(C)=O)c(OC)c1OC.